The van der Waals surface area contributed by atoms with Gasteiger partial charge in [-0.15, -0.1) is 0 Å². The van der Waals surface area contributed by atoms with Gasteiger partial charge in [-0.05, 0) is 54.5 Å². The molecule has 3 aromatic carbocycles. The molecule has 3 aromatic rings. The largest absolute Gasteiger partial charge is 0.508 e. The fraction of sp³-hybridized carbons (Fsp3) is 0.0400. The second kappa shape index (κ2) is 8.78. The normalized spacial score (nSPS) is 11.2. The number of carbonyl (C=O) groups is 2. The van der Waals surface area contributed by atoms with Gasteiger partial charge in [-0.1, -0.05) is 66.2 Å². The summed E-state index contributed by atoms with van der Waals surface area (Å²) in [5.74, 6) is -0.0406. The minimum atomic E-state index is -0.132. The highest BCUT2D eigenvalue weighted by Gasteiger charge is 2.02. The Kier molecular flexibility index (Phi) is 5.97. The number of benzene rings is 3. The number of aromatic hydroxyl groups is 1. The zero-order valence-electron chi connectivity index (χ0n) is 15.5. The van der Waals surface area contributed by atoms with Crippen LogP contribution < -0.4 is 0 Å². The van der Waals surface area contributed by atoms with Gasteiger partial charge in [0.05, 0.1) is 0 Å². The average molecular weight is 368 g/mol. The highest BCUT2D eigenvalue weighted by molar-refractivity contribution is 6.07. The lowest BCUT2D eigenvalue weighted by Crippen LogP contribution is -1.93. The van der Waals surface area contributed by atoms with E-state index in [-0.39, 0.29) is 17.3 Å². The van der Waals surface area contributed by atoms with Crippen LogP contribution in [0.15, 0.2) is 84.9 Å². The molecule has 28 heavy (non-hydrogen) atoms. The van der Waals surface area contributed by atoms with E-state index < -0.39 is 0 Å². The monoisotopic (exact) mass is 368 g/mol. The van der Waals surface area contributed by atoms with Crippen LogP contribution in [0.4, 0.5) is 0 Å². The van der Waals surface area contributed by atoms with Crippen molar-refractivity contribution in [3.63, 3.8) is 0 Å². The smallest absolute Gasteiger partial charge is 0.185 e. The quantitative estimate of drug-likeness (QED) is 0.462. The molecule has 138 valence electrons. The SMILES string of the molecule is Cc1ccc(C(=O)/C=C/c2ccc(/C=C/C(=O)c3ccc(O)cc3)cc2)cc1. The third kappa shape index (κ3) is 5.15. The zero-order chi connectivity index (χ0) is 19.9. The second-order valence-corrected chi connectivity index (χ2v) is 6.47. The lowest BCUT2D eigenvalue weighted by molar-refractivity contribution is 0.103. The van der Waals surface area contributed by atoms with Crippen molar-refractivity contribution in [1.82, 2.24) is 0 Å². The molecule has 0 saturated heterocycles. The molecule has 0 fully saturated rings. The number of phenols is 1. The van der Waals surface area contributed by atoms with E-state index in [0.717, 1.165) is 16.7 Å². The Morgan fingerprint density at radius 3 is 1.46 bits per heavy atom. The standard InChI is InChI=1S/C25H20O3/c1-18-2-10-21(11-3-18)24(27)16-8-19-4-6-20(7-5-19)9-17-25(28)22-12-14-23(26)15-13-22/h2-17,26H,1H3/b16-8+,17-9+. The summed E-state index contributed by atoms with van der Waals surface area (Å²) in [4.78, 5) is 24.3. The molecule has 0 amide bonds. The van der Waals surface area contributed by atoms with Gasteiger partial charge in [0.25, 0.3) is 0 Å². The average Bonchev–Trinajstić information content (AvgIpc) is 2.72. The van der Waals surface area contributed by atoms with E-state index in [9.17, 15) is 14.7 Å². The van der Waals surface area contributed by atoms with Crippen molar-refractivity contribution in [2.24, 2.45) is 0 Å². The maximum Gasteiger partial charge on any atom is 0.185 e. The first-order valence-electron chi connectivity index (χ1n) is 8.92. The molecule has 3 nitrogen and oxygen atoms in total. The molecule has 0 aliphatic rings. The predicted molar refractivity (Wildman–Crippen MR) is 112 cm³/mol. The van der Waals surface area contributed by atoms with Gasteiger partial charge >= 0.3 is 0 Å². The van der Waals surface area contributed by atoms with Gasteiger partial charge in [-0.2, -0.15) is 0 Å². The van der Waals surface area contributed by atoms with Crippen molar-refractivity contribution in [2.45, 2.75) is 6.92 Å². The van der Waals surface area contributed by atoms with E-state index in [1.54, 1.807) is 30.4 Å². The Labute approximate surface area is 164 Å². The van der Waals surface area contributed by atoms with E-state index >= 15 is 0 Å². The topological polar surface area (TPSA) is 54.4 Å². The molecule has 1 N–H and O–H groups in total. The summed E-state index contributed by atoms with van der Waals surface area (Å²) in [6.07, 6.45) is 6.57. The number of hydrogen-bond acceptors (Lipinski definition) is 3. The van der Waals surface area contributed by atoms with Crippen LogP contribution in [0.3, 0.4) is 0 Å². The van der Waals surface area contributed by atoms with Crippen LogP contribution in [0.5, 0.6) is 5.75 Å². The van der Waals surface area contributed by atoms with Gasteiger partial charge < -0.3 is 5.11 Å². The first kappa shape index (κ1) is 19.1. The molecular formula is C25H20O3. The highest BCUT2D eigenvalue weighted by Crippen LogP contribution is 2.13. The van der Waals surface area contributed by atoms with Crippen molar-refractivity contribution in [3.05, 3.63) is 113 Å². The van der Waals surface area contributed by atoms with Crippen LogP contribution >= 0.6 is 0 Å². The molecule has 0 heterocycles. The molecule has 0 unspecified atom stereocenters. The molecule has 0 bridgehead atoms. The molecule has 3 rings (SSSR count). The summed E-state index contributed by atoms with van der Waals surface area (Å²) in [7, 11) is 0. The minimum Gasteiger partial charge on any atom is -0.508 e. The Bertz CT molecular complexity index is 936. The number of phenolic OH excluding ortho intramolecular Hbond substituents is 1. The van der Waals surface area contributed by atoms with E-state index in [2.05, 4.69) is 0 Å². The molecule has 0 radical (unpaired) electrons. The lowest BCUT2D eigenvalue weighted by atomic mass is 10.1. The van der Waals surface area contributed by atoms with Gasteiger partial charge in [-0.25, -0.2) is 0 Å². The Hall–Kier alpha value is -3.72. The molecule has 3 heteroatoms. The third-order valence-electron chi connectivity index (χ3n) is 4.28. The van der Waals surface area contributed by atoms with E-state index in [1.807, 2.05) is 55.5 Å². The predicted octanol–water partition coefficient (Wildman–Crippen LogP) is 5.49. The van der Waals surface area contributed by atoms with Crippen LogP contribution in [-0.4, -0.2) is 16.7 Å². The van der Waals surface area contributed by atoms with Crippen LogP contribution in [0.2, 0.25) is 0 Å². The summed E-state index contributed by atoms with van der Waals surface area (Å²) < 4.78 is 0. The summed E-state index contributed by atoms with van der Waals surface area (Å²) in [5, 5.41) is 9.27. The zero-order valence-corrected chi connectivity index (χ0v) is 15.5. The number of aryl methyl sites for hydroxylation is 1. The van der Waals surface area contributed by atoms with Crippen LogP contribution in [-0.2, 0) is 0 Å². The van der Waals surface area contributed by atoms with Crippen LogP contribution in [0.25, 0.3) is 12.2 Å². The molecule has 0 spiro atoms. The fourth-order valence-electron chi connectivity index (χ4n) is 2.60. The first-order chi connectivity index (χ1) is 13.5. The van der Waals surface area contributed by atoms with Crippen molar-refractivity contribution < 1.29 is 14.7 Å². The number of carbonyl (C=O) groups excluding carboxylic acids is 2. The summed E-state index contributed by atoms with van der Waals surface area (Å²) >= 11 is 0. The second-order valence-electron chi connectivity index (χ2n) is 6.47. The van der Waals surface area contributed by atoms with Crippen molar-refractivity contribution in [2.75, 3.05) is 0 Å². The number of rotatable bonds is 6. The lowest BCUT2D eigenvalue weighted by Gasteiger charge is -1.99. The molecular weight excluding hydrogens is 348 g/mol. The summed E-state index contributed by atoms with van der Waals surface area (Å²) in [6.45, 7) is 1.98. The number of ketones is 2. The van der Waals surface area contributed by atoms with E-state index in [4.69, 9.17) is 0 Å². The van der Waals surface area contributed by atoms with Crippen molar-refractivity contribution in [1.29, 1.82) is 0 Å². The van der Waals surface area contributed by atoms with Gasteiger partial charge in [0.15, 0.2) is 11.6 Å². The van der Waals surface area contributed by atoms with Gasteiger partial charge in [-0.3, -0.25) is 9.59 Å². The summed E-state index contributed by atoms with van der Waals surface area (Å²) in [6, 6.07) is 21.2. The molecule has 0 aromatic heterocycles. The molecule has 0 aliphatic heterocycles. The maximum absolute atomic E-state index is 12.2. The summed E-state index contributed by atoms with van der Waals surface area (Å²) in [5.41, 5.74) is 4.09. The number of allylic oxidation sites excluding steroid dienone is 2. The van der Waals surface area contributed by atoms with E-state index in [0.29, 0.717) is 11.1 Å². The molecule has 0 aliphatic carbocycles. The maximum atomic E-state index is 12.2. The van der Waals surface area contributed by atoms with Crippen LogP contribution in [0.1, 0.15) is 37.4 Å². The van der Waals surface area contributed by atoms with Crippen LogP contribution in [0, 0.1) is 6.92 Å². The molecule has 0 saturated carbocycles. The highest BCUT2D eigenvalue weighted by atomic mass is 16.3. The van der Waals surface area contributed by atoms with E-state index in [1.165, 1.54) is 18.2 Å². The fourth-order valence-corrected chi connectivity index (χ4v) is 2.60. The third-order valence-corrected chi connectivity index (χ3v) is 4.28. The van der Waals surface area contributed by atoms with Crippen molar-refractivity contribution >= 4 is 23.7 Å². The minimum absolute atomic E-state index is 0.0385. The van der Waals surface area contributed by atoms with Crippen molar-refractivity contribution in [3.8, 4) is 5.75 Å². The van der Waals surface area contributed by atoms with Gasteiger partial charge in [0.1, 0.15) is 5.75 Å². The van der Waals surface area contributed by atoms with Gasteiger partial charge in [0.2, 0.25) is 0 Å². The van der Waals surface area contributed by atoms with Gasteiger partial charge in [0, 0.05) is 11.1 Å². The first-order valence-corrected chi connectivity index (χ1v) is 8.92. The Balaban J connectivity index is 1.62. The Morgan fingerprint density at radius 1 is 0.643 bits per heavy atom. The Morgan fingerprint density at radius 2 is 1.04 bits per heavy atom. The molecule has 0 atom stereocenters. The number of hydrogen-bond donors (Lipinski definition) is 1.